The summed E-state index contributed by atoms with van der Waals surface area (Å²) < 4.78 is 10.8. The van der Waals surface area contributed by atoms with Crippen molar-refractivity contribution < 1.29 is 9.47 Å². The highest BCUT2D eigenvalue weighted by molar-refractivity contribution is 14.0. The predicted octanol–water partition coefficient (Wildman–Crippen LogP) is 2.12. The van der Waals surface area contributed by atoms with Crippen LogP contribution < -0.4 is 20.1 Å². The molecule has 0 spiro atoms. The molecule has 0 amide bonds. The first-order valence-electron chi connectivity index (χ1n) is 10.1. The quantitative estimate of drug-likeness (QED) is 0.245. The summed E-state index contributed by atoms with van der Waals surface area (Å²) in [6, 6.07) is 6.02. The van der Waals surface area contributed by atoms with E-state index < -0.39 is 0 Å². The van der Waals surface area contributed by atoms with E-state index in [2.05, 4.69) is 32.3 Å². The van der Waals surface area contributed by atoms with Crippen LogP contribution >= 0.6 is 24.0 Å². The molecule has 0 unspecified atom stereocenters. The number of ether oxygens (including phenoxy) is 2. The van der Waals surface area contributed by atoms with Crippen LogP contribution in [0.4, 0.5) is 0 Å². The molecular weight excluding hydrogens is 469 g/mol. The van der Waals surface area contributed by atoms with Crippen LogP contribution in [0.2, 0.25) is 0 Å². The van der Waals surface area contributed by atoms with E-state index in [1.54, 1.807) is 0 Å². The number of hydrogen-bond donors (Lipinski definition) is 2. The molecule has 2 heterocycles. The van der Waals surface area contributed by atoms with E-state index in [0.717, 1.165) is 36.0 Å². The van der Waals surface area contributed by atoms with Crippen molar-refractivity contribution in [1.82, 2.24) is 20.4 Å². The third-order valence-corrected chi connectivity index (χ3v) is 5.23. The second-order valence-corrected chi connectivity index (χ2v) is 7.02. The van der Waals surface area contributed by atoms with Gasteiger partial charge in [-0.25, -0.2) is 0 Å². The normalized spacial score (nSPS) is 17.3. The van der Waals surface area contributed by atoms with Crippen LogP contribution in [0.1, 0.15) is 25.3 Å². The molecule has 1 saturated heterocycles. The number of nitrogens with zero attached hydrogens (tertiary/aromatic N) is 3. The molecule has 1 aromatic carbocycles. The van der Waals surface area contributed by atoms with Gasteiger partial charge in [0, 0.05) is 46.3 Å². The summed E-state index contributed by atoms with van der Waals surface area (Å²) in [4.78, 5) is 9.41. The molecule has 3 rings (SSSR count). The molecule has 1 aromatic rings. The molecule has 1 fully saturated rings. The van der Waals surface area contributed by atoms with E-state index >= 15 is 0 Å². The van der Waals surface area contributed by atoms with Gasteiger partial charge in [0.05, 0.1) is 0 Å². The average molecular weight is 503 g/mol. The zero-order valence-electron chi connectivity index (χ0n) is 17.1. The highest BCUT2D eigenvalue weighted by atomic mass is 127. The van der Waals surface area contributed by atoms with Crippen molar-refractivity contribution in [1.29, 1.82) is 0 Å². The van der Waals surface area contributed by atoms with Gasteiger partial charge >= 0.3 is 0 Å². The Labute approximate surface area is 185 Å². The number of likely N-dealkylation sites (N-methyl/N-ethyl adjacent to an activating group) is 1. The van der Waals surface area contributed by atoms with Crippen LogP contribution in [0.25, 0.3) is 0 Å². The second kappa shape index (κ2) is 12.3. The molecule has 0 aliphatic carbocycles. The summed E-state index contributed by atoms with van der Waals surface area (Å²) in [6.07, 6.45) is 2.37. The zero-order valence-corrected chi connectivity index (χ0v) is 19.4. The van der Waals surface area contributed by atoms with Crippen LogP contribution in [0.15, 0.2) is 23.2 Å². The first-order valence-corrected chi connectivity index (χ1v) is 10.1. The number of aliphatic imine (C=N–C) groups is 1. The topological polar surface area (TPSA) is 61.4 Å². The monoisotopic (exact) mass is 503 g/mol. The second-order valence-electron chi connectivity index (χ2n) is 7.02. The maximum absolute atomic E-state index is 5.42. The summed E-state index contributed by atoms with van der Waals surface area (Å²) in [5, 5.41) is 6.76. The fourth-order valence-corrected chi connectivity index (χ4v) is 3.45. The Hall–Kier alpha value is -1.26. The Morgan fingerprint density at radius 3 is 2.54 bits per heavy atom. The minimum Gasteiger partial charge on any atom is -0.454 e. The molecule has 0 radical (unpaired) electrons. The number of rotatable bonds is 8. The molecule has 0 bridgehead atoms. The number of nitrogens with one attached hydrogen (secondary N) is 2. The summed E-state index contributed by atoms with van der Waals surface area (Å²) in [6.45, 7) is 11.4. The molecule has 0 saturated carbocycles. The zero-order chi connectivity index (χ0) is 18.9. The first kappa shape index (κ1) is 23.0. The third kappa shape index (κ3) is 6.97. The van der Waals surface area contributed by atoms with Gasteiger partial charge in [-0.2, -0.15) is 0 Å². The maximum Gasteiger partial charge on any atom is 0.231 e. The lowest BCUT2D eigenvalue weighted by molar-refractivity contribution is 0.136. The van der Waals surface area contributed by atoms with Gasteiger partial charge in [-0.3, -0.25) is 4.99 Å². The predicted molar refractivity (Wildman–Crippen MR) is 124 cm³/mol. The van der Waals surface area contributed by atoms with Crippen molar-refractivity contribution in [2.75, 3.05) is 59.7 Å². The molecular formula is C20H34IN5O2. The highest BCUT2D eigenvalue weighted by Crippen LogP contribution is 2.32. The Kier molecular flexibility index (Phi) is 10.1. The lowest BCUT2D eigenvalue weighted by Gasteiger charge is -2.34. The van der Waals surface area contributed by atoms with Gasteiger partial charge in [0.1, 0.15) is 0 Å². The number of benzene rings is 1. The molecule has 2 aliphatic rings. The number of guanidine groups is 1. The van der Waals surface area contributed by atoms with Crippen molar-refractivity contribution in [3.63, 3.8) is 0 Å². The van der Waals surface area contributed by atoms with Crippen molar-refractivity contribution in [3.8, 4) is 11.5 Å². The van der Waals surface area contributed by atoms with E-state index in [1.807, 2.05) is 25.2 Å². The molecule has 28 heavy (non-hydrogen) atoms. The fourth-order valence-electron chi connectivity index (χ4n) is 3.45. The number of fused-ring (bicyclic) bond motifs is 1. The van der Waals surface area contributed by atoms with Crippen molar-refractivity contribution in [2.45, 2.75) is 26.3 Å². The average Bonchev–Trinajstić information content (AvgIpc) is 3.18. The van der Waals surface area contributed by atoms with E-state index in [9.17, 15) is 0 Å². The highest BCUT2D eigenvalue weighted by Gasteiger charge is 2.15. The minimum absolute atomic E-state index is 0. The Morgan fingerprint density at radius 2 is 1.79 bits per heavy atom. The molecule has 8 heteroatoms. The van der Waals surface area contributed by atoms with Crippen molar-refractivity contribution >= 4 is 29.9 Å². The first-order chi connectivity index (χ1) is 13.3. The summed E-state index contributed by atoms with van der Waals surface area (Å²) >= 11 is 0. The minimum atomic E-state index is 0. The number of piperazine rings is 1. The number of halogens is 1. The molecule has 2 aliphatic heterocycles. The van der Waals surface area contributed by atoms with Crippen LogP contribution in [-0.4, -0.2) is 75.4 Å². The van der Waals surface area contributed by atoms with Gasteiger partial charge in [-0.05, 0) is 43.6 Å². The largest absolute Gasteiger partial charge is 0.454 e. The van der Waals surface area contributed by atoms with Gasteiger partial charge in [0.25, 0.3) is 0 Å². The molecule has 2 N–H and O–H groups in total. The standard InChI is InChI=1S/C20H33N5O2.HI/c1-3-24-10-12-25(13-11-24)9-5-4-8-22-20(21-2)23-15-17-6-7-18-19(14-17)27-16-26-18;/h6-7,14H,3-5,8-13,15-16H2,1-2H3,(H2,21,22,23);1H. The lowest BCUT2D eigenvalue weighted by atomic mass is 10.2. The van der Waals surface area contributed by atoms with E-state index in [4.69, 9.17) is 9.47 Å². The third-order valence-electron chi connectivity index (χ3n) is 5.23. The Balaban J connectivity index is 0.00000280. The summed E-state index contributed by atoms with van der Waals surface area (Å²) in [5.74, 6) is 2.47. The van der Waals surface area contributed by atoms with Gasteiger partial charge < -0.3 is 29.9 Å². The van der Waals surface area contributed by atoms with Crippen molar-refractivity contribution in [3.05, 3.63) is 23.8 Å². The Morgan fingerprint density at radius 1 is 1.04 bits per heavy atom. The van der Waals surface area contributed by atoms with Gasteiger partial charge in [-0.15, -0.1) is 24.0 Å². The fraction of sp³-hybridized carbons (Fsp3) is 0.650. The molecule has 0 atom stereocenters. The Bertz CT molecular complexity index is 621. The number of unbranched alkanes of at least 4 members (excludes halogenated alkanes) is 1. The van der Waals surface area contributed by atoms with Gasteiger partial charge in [0.15, 0.2) is 17.5 Å². The summed E-state index contributed by atoms with van der Waals surface area (Å²) in [7, 11) is 1.81. The molecule has 0 aromatic heterocycles. The van der Waals surface area contributed by atoms with Crippen LogP contribution in [0.5, 0.6) is 11.5 Å². The van der Waals surface area contributed by atoms with Gasteiger partial charge in [-0.1, -0.05) is 13.0 Å². The smallest absolute Gasteiger partial charge is 0.231 e. The summed E-state index contributed by atoms with van der Waals surface area (Å²) in [5.41, 5.74) is 1.15. The number of hydrogen-bond acceptors (Lipinski definition) is 5. The van der Waals surface area contributed by atoms with Crippen LogP contribution in [0.3, 0.4) is 0 Å². The maximum atomic E-state index is 5.42. The molecule has 7 nitrogen and oxygen atoms in total. The van der Waals surface area contributed by atoms with E-state index in [1.165, 1.54) is 45.7 Å². The van der Waals surface area contributed by atoms with E-state index in [0.29, 0.717) is 13.3 Å². The van der Waals surface area contributed by atoms with Crippen molar-refractivity contribution in [2.24, 2.45) is 4.99 Å². The van der Waals surface area contributed by atoms with Gasteiger partial charge in [0.2, 0.25) is 6.79 Å². The SMILES string of the molecule is CCN1CCN(CCCCNC(=NC)NCc2ccc3c(c2)OCO3)CC1.I. The lowest BCUT2D eigenvalue weighted by Crippen LogP contribution is -2.46. The van der Waals surface area contributed by atoms with E-state index in [-0.39, 0.29) is 24.0 Å². The molecule has 158 valence electrons. The van der Waals surface area contributed by atoms with Crippen LogP contribution in [-0.2, 0) is 6.54 Å². The van der Waals surface area contributed by atoms with Crippen LogP contribution in [0, 0.1) is 0 Å².